The van der Waals surface area contributed by atoms with Crippen LogP contribution in [0.4, 0.5) is 0 Å². The Labute approximate surface area is 166 Å². The van der Waals surface area contributed by atoms with Crippen LogP contribution in [0.1, 0.15) is 5.56 Å². The molecule has 0 saturated carbocycles. The number of carboxylic acids is 1. The highest BCUT2D eigenvalue weighted by molar-refractivity contribution is 5.95. The fourth-order valence-corrected chi connectivity index (χ4v) is 3.55. The number of H-pyrrole nitrogens is 1. The summed E-state index contributed by atoms with van der Waals surface area (Å²) in [6.07, 6.45) is -0.113. The second-order valence-electron chi connectivity index (χ2n) is 6.74. The lowest BCUT2D eigenvalue weighted by molar-refractivity contribution is -0.136. The van der Waals surface area contributed by atoms with Crippen LogP contribution in [-0.2, 0) is 11.2 Å². The first-order valence-electron chi connectivity index (χ1n) is 9.17. The molecule has 4 aromatic rings. The Bertz CT molecular complexity index is 1210. The first kappa shape index (κ1) is 17.2. The summed E-state index contributed by atoms with van der Waals surface area (Å²) in [6.45, 7) is 0.188. The van der Waals surface area contributed by atoms with Crippen molar-refractivity contribution in [2.24, 2.45) is 0 Å². The minimum atomic E-state index is -0.901. The van der Waals surface area contributed by atoms with E-state index in [0.29, 0.717) is 22.8 Å². The van der Waals surface area contributed by atoms with E-state index in [1.165, 1.54) is 0 Å². The zero-order chi connectivity index (χ0) is 19.8. The van der Waals surface area contributed by atoms with Crippen molar-refractivity contribution in [3.63, 3.8) is 0 Å². The molecule has 0 spiro atoms. The summed E-state index contributed by atoms with van der Waals surface area (Å²) in [6, 6.07) is 20.7. The van der Waals surface area contributed by atoms with Crippen LogP contribution in [0.3, 0.4) is 0 Å². The number of aromatic amines is 1. The Morgan fingerprint density at radius 2 is 1.79 bits per heavy atom. The zero-order valence-electron chi connectivity index (χ0n) is 15.3. The lowest BCUT2D eigenvalue weighted by Crippen LogP contribution is -2.01. The van der Waals surface area contributed by atoms with E-state index in [2.05, 4.69) is 4.98 Å². The number of benzene rings is 3. The number of carboxylic acid groups (broad SMARTS) is 1. The number of carbonyl (C=O) groups is 1. The number of para-hydroxylation sites is 1. The van der Waals surface area contributed by atoms with Crippen molar-refractivity contribution in [3.05, 3.63) is 72.3 Å². The van der Waals surface area contributed by atoms with Crippen molar-refractivity contribution in [1.29, 1.82) is 0 Å². The van der Waals surface area contributed by atoms with Gasteiger partial charge in [-0.15, -0.1) is 0 Å². The van der Waals surface area contributed by atoms with Crippen LogP contribution < -0.4 is 14.2 Å². The molecule has 2 N–H and O–H groups in total. The van der Waals surface area contributed by atoms with Gasteiger partial charge in [-0.2, -0.15) is 0 Å². The van der Waals surface area contributed by atoms with Gasteiger partial charge in [0.25, 0.3) is 0 Å². The van der Waals surface area contributed by atoms with Gasteiger partial charge in [-0.1, -0.05) is 18.2 Å². The number of ether oxygens (including phenoxy) is 3. The van der Waals surface area contributed by atoms with E-state index in [1.807, 2.05) is 66.7 Å². The highest BCUT2D eigenvalue weighted by Crippen LogP contribution is 2.39. The number of aromatic nitrogens is 1. The average Bonchev–Trinajstić information content (AvgIpc) is 3.33. The Hall–Kier alpha value is -3.93. The Morgan fingerprint density at radius 3 is 2.62 bits per heavy atom. The highest BCUT2D eigenvalue weighted by atomic mass is 16.7. The van der Waals surface area contributed by atoms with Crippen LogP contribution in [0.15, 0.2) is 66.7 Å². The first-order chi connectivity index (χ1) is 14.2. The predicted octanol–water partition coefficient (Wildman–Crippen LogP) is 4.98. The summed E-state index contributed by atoms with van der Waals surface area (Å²) in [7, 11) is 0. The third-order valence-corrected chi connectivity index (χ3v) is 4.85. The standard InChI is InChI=1S/C23H17NO5/c25-22(26)12-18-17-11-16(29-15-4-2-1-3-5-15)7-8-19(17)24-23(18)14-6-9-20-21(10-14)28-13-27-20/h1-11,24H,12-13H2,(H,25,26). The van der Waals surface area contributed by atoms with Crippen molar-refractivity contribution in [1.82, 2.24) is 4.98 Å². The van der Waals surface area contributed by atoms with Crippen molar-refractivity contribution >= 4 is 16.9 Å². The molecule has 1 aliphatic heterocycles. The molecule has 5 rings (SSSR count). The van der Waals surface area contributed by atoms with Gasteiger partial charge in [0.1, 0.15) is 11.5 Å². The minimum Gasteiger partial charge on any atom is -0.481 e. The Kier molecular flexibility index (Phi) is 4.09. The summed E-state index contributed by atoms with van der Waals surface area (Å²) < 4.78 is 16.8. The summed E-state index contributed by atoms with van der Waals surface area (Å²) in [4.78, 5) is 14.9. The van der Waals surface area contributed by atoms with Crippen LogP contribution in [-0.4, -0.2) is 22.9 Å². The third kappa shape index (κ3) is 3.25. The topological polar surface area (TPSA) is 80.8 Å². The monoisotopic (exact) mass is 387 g/mol. The lowest BCUT2D eigenvalue weighted by Gasteiger charge is -2.06. The molecule has 2 heterocycles. The lowest BCUT2D eigenvalue weighted by atomic mass is 10.0. The molecule has 0 radical (unpaired) electrons. The zero-order valence-corrected chi connectivity index (χ0v) is 15.3. The van der Waals surface area contributed by atoms with Gasteiger partial charge in [0.2, 0.25) is 6.79 Å². The summed E-state index contributed by atoms with van der Waals surface area (Å²) in [5, 5.41) is 10.3. The van der Waals surface area contributed by atoms with Crippen LogP contribution in [0.2, 0.25) is 0 Å². The molecule has 0 amide bonds. The van der Waals surface area contributed by atoms with E-state index in [-0.39, 0.29) is 13.2 Å². The molecule has 0 saturated heterocycles. The molecule has 0 bridgehead atoms. The maximum absolute atomic E-state index is 11.6. The van der Waals surface area contributed by atoms with Gasteiger partial charge in [-0.3, -0.25) is 4.79 Å². The van der Waals surface area contributed by atoms with Crippen LogP contribution in [0, 0.1) is 0 Å². The smallest absolute Gasteiger partial charge is 0.307 e. The SMILES string of the molecule is O=C(O)Cc1c(-c2ccc3c(c2)OCO3)[nH]c2ccc(Oc3ccccc3)cc12. The number of rotatable bonds is 5. The van der Waals surface area contributed by atoms with Gasteiger partial charge in [0, 0.05) is 16.5 Å². The minimum absolute atomic E-state index is 0.113. The van der Waals surface area contributed by atoms with Crippen LogP contribution >= 0.6 is 0 Å². The van der Waals surface area contributed by atoms with Crippen molar-refractivity contribution in [3.8, 4) is 34.3 Å². The van der Waals surface area contributed by atoms with Gasteiger partial charge in [0.05, 0.1) is 12.1 Å². The second-order valence-corrected chi connectivity index (χ2v) is 6.74. The Morgan fingerprint density at radius 1 is 0.966 bits per heavy atom. The fourth-order valence-electron chi connectivity index (χ4n) is 3.55. The molecule has 1 aromatic heterocycles. The highest BCUT2D eigenvalue weighted by Gasteiger charge is 2.20. The van der Waals surface area contributed by atoms with Gasteiger partial charge >= 0.3 is 5.97 Å². The van der Waals surface area contributed by atoms with Crippen molar-refractivity contribution in [2.75, 3.05) is 6.79 Å². The normalized spacial score (nSPS) is 12.3. The van der Waals surface area contributed by atoms with E-state index in [4.69, 9.17) is 14.2 Å². The Balaban J connectivity index is 1.61. The number of hydrogen-bond donors (Lipinski definition) is 2. The second kappa shape index (κ2) is 6.91. The molecule has 0 unspecified atom stereocenters. The number of hydrogen-bond acceptors (Lipinski definition) is 4. The van der Waals surface area contributed by atoms with Gasteiger partial charge in [0.15, 0.2) is 11.5 Å². The summed E-state index contributed by atoms with van der Waals surface area (Å²) in [5.74, 6) is 1.80. The number of fused-ring (bicyclic) bond motifs is 2. The summed E-state index contributed by atoms with van der Waals surface area (Å²) >= 11 is 0. The molecule has 6 heteroatoms. The molecule has 29 heavy (non-hydrogen) atoms. The predicted molar refractivity (Wildman–Crippen MR) is 108 cm³/mol. The van der Waals surface area contributed by atoms with E-state index in [1.54, 1.807) is 0 Å². The molecular weight excluding hydrogens is 370 g/mol. The average molecular weight is 387 g/mol. The molecule has 0 atom stereocenters. The molecule has 3 aromatic carbocycles. The maximum Gasteiger partial charge on any atom is 0.307 e. The van der Waals surface area contributed by atoms with Gasteiger partial charge in [-0.25, -0.2) is 0 Å². The first-order valence-corrected chi connectivity index (χ1v) is 9.17. The molecular formula is C23H17NO5. The van der Waals surface area contributed by atoms with Gasteiger partial charge < -0.3 is 24.3 Å². The molecule has 144 valence electrons. The molecule has 0 aliphatic carbocycles. The molecule has 0 fully saturated rings. The van der Waals surface area contributed by atoms with Crippen molar-refractivity contribution < 1.29 is 24.1 Å². The van der Waals surface area contributed by atoms with Crippen molar-refractivity contribution in [2.45, 2.75) is 6.42 Å². The number of aliphatic carboxylic acids is 1. The van der Waals surface area contributed by atoms with E-state index >= 15 is 0 Å². The third-order valence-electron chi connectivity index (χ3n) is 4.85. The molecule has 6 nitrogen and oxygen atoms in total. The van der Waals surface area contributed by atoms with E-state index in [9.17, 15) is 9.90 Å². The maximum atomic E-state index is 11.6. The fraction of sp³-hybridized carbons (Fsp3) is 0.0870. The van der Waals surface area contributed by atoms with E-state index in [0.717, 1.165) is 27.9 Å². The summed E-state index contributed by atoms with van der Waals surface area (Å²) in [5.41, 5.74) is 3.13. The van der Waals surface area contributed by atoms with Crippen LogP contribution in [0.25, 0.3) is 22.2 Å². The quantitative estimate of drug-likeness (QED) is 0.505. The number of nitrogens with one attached hydrogen (secondary N) is 1. The van der Waals surface area contributed by atoms with E-state index < -0.39 is 5.97 Å². The van der Waals surface area contributed by atoms with Crippen LogP contribution in [0.5, 0.6) is 23.0 Å². The largest absolute Gasteiger partial charge is 0.481 e. The molecule has 1 aliphatic rings. The van der Waals surface area contributed by atoms with Gasteiger partial charge in [-0.05, 0) is 54.1 Å².